The summed E-state index contributed by atoms with van der Waals surface area (Å²) in [4.78, 5) is 29.7. The van der Waals surface area contributed by atoms with Gasteiger partial charge in [0.25, 0.3) is 0 Å². The molecule has 1 saturated heterocycles. The smallest absolute Gasteiger partial charge is 0.320 e. The normalized spacial score (nSPS) is 17.0. The molecule has 0 bridgehead atoms. The lowest BCUT2D eigenvalue weighted by Crippen LogP contribution is -2.56. The molecule has 0 unspecified atom stereocenters. The molecular formula is C14H28N4O2. The van der Waals surface area contributed by atoms with Crippen LogP contribution in [0.2, 0.25) is 0 Å². The number of carbonyl (C=O) groups excluding carboxylic acids is 2. The molecule has 1 fully saturated rings. The van der Waals surface area contributed by atoms with Crippen LogP contribution in [0.5, 0.6) is 0 Å². The molecule has 6 nitrogen and oxygen atoms in total. The Morgan fingerprint density at radius 1 is 1.05 bits per heavy atom. The van der Waals surface area contributed by atoms with E-state index in [0.29, 0.717) is 26.2 Å². The van der Waals surface area contributed by atoms with Crippen molar-refractivity contribution >= 4 is 11.9 Å². The number of piperazine rings is 1. The molecule has 0 spiro atoms. The van der Waals surface area contributed by atoms with Crippen LogP contribution in [0.4, 0.5) is 4.79 Å². The van der Waals surface area contributed by atoms with Crippen LogP contribution in [0.1, 0.15) is 33.6 Å². The minimum absolute atomic E-state index is 0.0155. The predicted octanol–water partition coefficient (Wildman–Crippen LogP) is 0.720. The van der Waals surface area contributed by atoms with Gasteiger partial charge in [-0.25, -0.2) is 4.79 Å². The topological polar surface area (TPSA) is 69.9 Å². The number of hydrogen-bond acceptors (Lipinski definition) is 3. The van der Waals surface area contributed by atoms with Crippen LogP contribution >= 0.6 is 0 Å². The molecule has 1 rings (SSSR count). The van der Waals surface area contributed by atoms with Gasteiger partial charge in [-0.05, 0) is 20.3 Å². The third-order valence-electron chi connectivity index (χ3n) is 3.81. The van der Waals surface area contributed by atoms with Crippen LogP contribution < -0.4 is 5.73 Å². The quantitative estimate of drug-likeness (QED) is 0.808. The summed E-state index contributed by atoms with van der Waals surface area (Å²) in [7, 11) is 0. The maximum absolute atomic E-state index is 12.2. The number of carbonyl (C=O) groups is 2. The first-order valence-electron chi connectivity index (χ1n) is 7.63. The molecule has 0 aromatic carbocycles. The second kappa shape index (κ2) is 8.09. The second-order valence-electron chi connectivity index (χ2n) is 5.16. The summed E-state index contributed by atoms with van der Waals surface area (Å²) in [6.45, 7) is 9.78. The minimum atomic E-state index is -0.398. The third kappa shape index (κ3) is 4.10. The highest BCUT2D eigenvalue weighted by molar-refractivity contribution is 5.82. The fraction of sp³-hybridized carbons (Fsp3) is 0.857. The molecule has 1 atom stereocenters. The zero-order chi connectivity index (χ0) is 15.1. The van der Waals surface area contributed by atoms with Gasteiger partial charge in [0.05, 0.1) is 6.04 Å². The van der Waals surface area contributed by atoms with Crippen molar-refractivity contribution in [3.63, 3.8) is 0 Å². The van der Waals surface area contributed by atoms with E-state index in [1.54, 1.807) is 9.80 Å². The summed E-state index contributed by atoms with van der Waals surface area (Å²) >= 11 is 0. The van der Waals surface area contributed by atoms with E-state index >= 15 is 0 Å². The monoisotopic (exact) mass is 284 g/mol. The number of nitrogens with zero attached hydrogens (tertiary/aromatic N) is 3. The second-order valence-corrected chi connectivity index (χ2v) is 5.16. The molecule has 1 aliphatic rings. The summed E-state index contributed by atoms with van der Waals surface area (Å²) in [6, 6.07) is -0.329. The van der Waals surface area contributed by atoms with Gasteiger partial charge in [0, 0.05) is 39.3 Å². The van der Waals surface area contributed by atoms with Crippen molar-refractivity contribution in [2.45, 2.75) is 39.7 Å². The van der Waals surface area contributed by atoms with Crippen LogP contribution in [0.15, 0.2) is 0 Å². The number of nitrogens with two attached hydrogens (primary N) is 1. The van der Waals surface area contributed by atoms with Gasteiger partial charge in [-0.15, -0.1) is 0 Å². The highest BCUT2D eigenvalue weighted by Gasteiger charge is 2.28. The summed E-state index contributed by atoms with van der Waals surface area (Å²) < 4.78 is 0. The molecule has 3 amide bonds. The van der Waals surface area contributed by atoms with E-state index in [9.17, 15) is 9.59 Å². The molecule has 0 aromatic heterocycles. The molecular weight excluding hydrogens is 256 g/mol. The van der Waals surface area contributed by atoms with E-state index in [0.717, 1.165) is 25.9 Å². The Kier molecular flexibility index (Phi) is 6.78. The van der Waals surface area contributed by atoms with Gasteiger partial charge in [0.2, 0.25) is 5.91 Å². The van der Waals surface area contributed by atoms with Crippen molar-refractivity contribution in [2.75, 3.05) is 39.3 Å². The van der Waals surface area contributed by atoms with E-state index in [1.807, 2.05) is 25.7 Å². The molecule has 0 radical (unpaired) electrons. The zero-order valence-corrected chi connectivity index (χ0v) is 13.0. The first-order chi connectivity index (χ1) is 9.54. The zero-order valence-electron chi connectivity index (χ0n) is 13.0. The molecule has 0 saturated carbocycles. The van der Waals surface area contributed by atoms with Crippen LogP contribution in [-0.4, -0.2) is 71.9 Å². The molecule has 0 aromatic rings. The molecule has 1 aliphatic heterocycles. The fourth-order valence-corrected chi connectivity index (χ4v) is 2.48. The van der Waals surface area contributed by atoms with Gasteiger partial charge in [-0.3, -0.25) is 4.79 Å². The highest BCUT2D eigenvalue weighted by atomic mass is 16.2. The number of hydrogen-bond donors (Lipinski definition) is 1. The molecule has 20 heavy (non-hydrogen) atoms. The lowest BCUT2D eigenvalue weighted by molar-refractivity contribution is -0.134. The van der Waals surface area contributed by atoms with E-state index in [2.05, 4.69) is 0 Å². The van der Waals surface area contributed by atoms with Gasteiger partial charge in [0.15, 0.2) is 0 Å². The first-order valence-corrected chi connectivity index (χ1v) is 7.63. The Morgan fingerprint density at radius 2 is 1.55 bits per heavy atom. The Balaban J connectivity index is 2.47. The fourth-order valence-electron chi connectivity index (χ4n) is 2.48. The van der Waals surface area contributed by atoms with Gasteiger partial charge in [0.1, 0.15) is 0 Å². The van der Waals surface area contributed by atoms with Crippen LogP contribution in [0, 0.1) is 0 Å². The average molecular weight is 284 g/mol. The standard InChI is InChI=1S/C14H28N4O2/c1-4-7-12(15)13(19)17-8-10-18(11-9-17)14(20)16(5-2)6-3/h12H,4-11,15H2,1-3H3/t12-/m1/s1. The number of rotatable bonds is 5. The van der Waals surface area contributed by atoms with Crippen molar-refractivity contribution in [3.05, 3.63) is 0 Å². The SMILES string of the molecule is CCC[C@@H](N)C(=O)N1CCN(C(=O)N(CC)CC)CC1. The van der Waals surface area contributed by atoms with Crippen LogP contribution in [0.3, 0.4) is 0 Å². The highest BCUT2D eigenvalue weighted by Crippen LogP contribution is 2.08. The van der Waals surface area contributed by atoms with Gasteiger partial charge in [-0.2, -0.15) is 0 Å². The Labute approximate surface area is 121 Å². The number of urea groups is 1. The summed E-state index contributed by atoms with van der Waals surface area (Å²) in [5.74, 6) is 0.0155. The Hall–Kier alpha value is -1.30. The Morgan fingerprint density at radius 3 is 2.00 bits per heavy atom. The van der Waals surface area contributed by atoms with E-state index in [4.69, 9.17) is 5.73 Å². The van der Waals surface area contributed by atoms with Crippen molar-refractivity contribution in [2.24, 2.45) is 5.73 Å². The third-order valence-corrected chi connectivity index (χ3v) is 3.81. The molecule has 1 heterocycles. The van der Waals surface area contributed by atoms with E-state index in [-0.39, 0.29) is 11.9 Å². The van der Waals surface area contributed by atoms with Crippen molar-refractivity contribution in [3.8, 4) is 0 Å². The van der Waals surface area contributed by atoms with Crippen molar-refractivity contribution < 1.29 is 9.59 Å². The molecule has 2 N–H and O–H groups in total. The molecule has 116 valence electrons. The largest absolute Gasteiger partial charge is 0.338 e. The summed E-state index contributed by atoms with van der Waals surface area (Å²) in [5.41, 5.74) is 5.86. The minimum Gasteiger partial charge on any atom is -0.338 e. The number of amides is 3. The lowest BCUT2D eigenvalue weighted by Gasteiger charge is -2.38. The Bertz CT molecular complexity index is 323. The summed E-state index contributed by atoms with van der Waals surface area (Å²) in [5, 5.41) is 0. The van der Waals surface area contributed by atoms with Gasteiger partial charge in [-0.1, -0.05) is 13.3 Å². The van der Waals surface area contributed by atoms with Crippen LogP contribution in [0.25, 0.3) is 0 Å². The van der Waals surface area contributed by atoms with Crippen LogP contribution in [-0.2, 0) is 4.79 Å². The summed E-state index contributed by atoms with van der Waals surface area (Å²) in [6.07, 6.45) is 1.63. The van der Waals surface area contributed by atoms with E-state index in [1.165, 1.54) is 0 Å². The van der Waals surface area contributed by atoms with E-state index < -0.39 is 6.04 Å². The van der Waals surface area contributed by atoms with Crippen molar-refractivity contribution in [1.29, 1.82) is 0 Å². The lowest BCUT2D eigenvalue weighted by atomic mass is 10.1. The maximum atomic E-state index is 12.2. The first kappa shape index (κ1) is 16.8. The van der Waals surface area contributed by atoms with Gasteiger partial charge < -0.3 is 20.4 Å². The predicted molar refractivity (Wildman–Crippen MR) is 79.4 cm³/mol. The average Bonchev–Trinajstić information content (AvgIpc) is 2.48. The van der Waals surface area contributed by atoms with Gasteiger partial charge >= 0.3 is 6.03 Å². The molecule has 6 heteroatoms. The molecule has 0 aliphatic carbocycles. The van der Waals surface area contributed by atoms with Crippen molar-refractivity contribution in [1.82, 2.24) is 14.7 Å². The maximum Gasteiger partial charge on any atom is 0.320 e.